The van der Waals surface area contributed by atoms with Crippen molar-refractivity contribution < 1.29 is 14.2 Å². The summed E-state index contributed by atoms with van der Waals surface area (Å²) in [6.07, 6.45) is 6.42. The first-order chi connectivity index (χ1) is 18.9. The van der Waals surface area contributed by atoms with Crippen LogP contribution in [-0.4, -0.2) is 25.3 Å². The summed E-state index contributed by atoms with van der Waals surface area (Å²) in [5, 5.41) is 10.4. The Bertz CT molecular complexity index is 1390. The van der Waals surface area contributed by atoms with Crippen molar-refractivity contribution in [2.75, 3.05) is 30.0 Å². The predicted molar refractivity (Wildman–Crippen MR) is 160 cm³/mol. The number of fused-ring (bicyclic) bond motifs is 1. The summed E-state index contributed by atoms with van der Waals surface area (Å²) in [4.78, 5) is 4.15. The second-order valence-corrected chi connectivity index (χ2v) is 10.5. The SMILES string of the molecule is C=C(O)C1=CN(Cc2ccc(-c3ccccc3)cc2)c2c(cc(F)c(N3CCC(CCCC)C3)c2OC)C1=C. The van der Waals surface area contributed by atoms with Crippen LogP contribution in [0, 0.1) is 11.7 Å². The highest BCUT2D eigenvalue weighted by molar-refractivity contribution is 5.96. The van der Waals surface area contributed by atoms with Gasteiger partial charge in [0.25, 0.3) is 0 Å². The Hall–Kier alpha value is -3.99. The third-order valence-electron chi connectivity index (χ3n) is 7.90. The van der Waals surface area contributed by atoms with Crippen LogP contribution in [0.4, 0.5) is 15.8 Å². The van der Waals surface area contributed by atoms with Crippen molar-refractivity contribution in [1.82, 2.24) is 0 Å². The summed E-state index contributed by atoms with van der Waals surface area (Å²) in [5.74, 6) is 0.627. The van der Waals surface area contributed by atoms with Crippen molar-refractivity contribution in [2.45, 2.75) is 39.2 Å². The summed E-state index contributed by atoms with van der Waals surface area (Å²) in [6.45, 7) is 12.3. The smallest absolute Gasteiger partial charge is 0.169 e. The Morgan fingerprint density at radius 2 is 1.79 bits per heavy atom. The molecule has 2 aliphatic heterocycles. The summed E-state index contributed by atoms with van der Waals surface area (Å²) < 4.78 is 21.8. The summed E-state index contributed by atoms with van der Waals surface area (Å²) in [7, 11) is 1.60. The van der Waals surface area contributed by atoms with E-state index in [1.165, 1.54) is 18.9 Å². The Morgan fingerprint density at radius 1 is 1.08 bits per heavy atom. The maximum Gasteiger partial charge on any atom is 0.169 e. The van der Waals surface area contributed by atoms with E-state index in [0.717, 1.165) is 48.3 Å². The average molecular weight is 525 g/mol. The minimum absolute atomic E-state index is 0.100. The Labute approximate surface area is 231 Å². The highest BCUT2D eigenvalue weighted by atomic mass is 19.1. The lowest BCUT2D eigenvalue weighted by Gasteiger charge is -2.34. The van der Waals surface area contributed by atoms with Crippen LogP contribution in [0.15, 0.2) is 91.4 Å². The molecule has 0 aromatic heterocycles. The fourth-order valence-corrected chi connectivity index (χ4v) is 5.82. The van der Waals surface area contributed by atoms with E-state index in [0.29, 0.717) is 40.6 Å². The van der Waals surface area contributed by atoms with Crippen molar-refractivity contribution in [3.63, 3.8) is 0 Å². The average Bonchev–Trinajstić information content (AvgIpc) is 3.41. The number of rotatable bonds is 9. The van der Waals surface area contributed by atoms with E-state index >= 15 is 4.39 Å². The minimum atomic E-state index is -0.333. The molecule has 3 aromatic carbocycles. The Kier molecular flexibility index (Phi) is 7.78. The molecule has 3 aromatic rings. The standard InChI is InChI=1S/C34H37FN2O2/c1-5-6-10-25-17-18-36(20-25)33-31(35)19-29-23(2)30(24(3)38)22-37(32(29)34(33)39-4)21-26-13-15-28(16-14-26)27-11-8-7-9-12-27/h7-9,11-16,19,22,25,38H,2-3,5-6,10,17-18,20-21H2,1,4H3. The van der Waals surface area contributed by atoms with Gasteiger partial charge in [0, 0.05) is 37.0 Å². The third-order valence-corrected chi connectivity index (χ3v) is 7.90. The van der Waals surface area contributed by atoms with Crippen LogP contribution in [0.1, 0.15) is 43.7 Å². The van der Waals surface area contributed by atoms with Gasteiger partial charge < -0.3 is 19.6 Å². The number of benzene rings is 3. The fraction of sp³-hybridized carbons (Fsp3) is 0.294. The van der Waals surface area contributed by atoms with Gasteiger partial charge in [-0.1, -0.05) is 87.5 Å². The second-order valence-electron chi connectivity index (χ2n) is 10.5. The zero-order valence-corrected chi connectivity index (χ0v) is 22.9. The van der Waals surface area contributed by atoms with Gasteiger partial charge in [-0.25, -0.2) is 4.39 Å². The molecule has 5 heteroatoms. The number of nitrogens with zero attached hydrogens (tertiary/aromatic N) is 2. The molecule has 0 amide bonds. The summed E-state index contributed by atoms with van der Waals surface area (Å²) >= 11 is 0. The molecule has 0 spiro atoms. The maximum atomic E-state index is 15.8. The van der Waals surface area contributed by atoms with E-state index in [9.17, 15) is 5.11 Å². The molecule has 2 heterocycles. The molecule has 0 radical (unpaired) electrons. The van der Waals surface area contributed by atoms with E-state index in [2.05, 4.69) is 61.4 Å². The Balaban J connectivity index is 1.53. The molecule has 5 rings (SSSR count). The molecular weight excluding hydrogens is 487 g/mol. The molecular formula is C34H37FN2O2. The molecule has 0 aliphatic carbocycles. The number of hydrogen-bond acceptors (Lipinski definition) is 4. The first-order valence-corrected chi connectivity index (χ1v) is 13.8. The van der Waals surface area contributed by atoms with E-state index in [4.69, 9.17) is 4.74 Å². The molecule has 0 saturated carbocycles. The third kappa shape index (κ3) is 5.31. The van der Waals surface area contributed by atoms with Crippen molar-refractivity contribution in [3.05, 3.63) is 108 Å². The van der Waals surface area contributed by atoms with Crippen molar-refractivity contribution in [1.29, 1.82) is 0 Å². The molecule has 4 nitrogen and oxygen atoms in total. The molecule has 1 unspecified atom stereocenters. The number of aliphatic hydroxyl groups is 1. The van der Waals surface area contributed by atoms with Crippen molar-refractivity contribution in [3.8, 4) is 16.9 Å². The van der Waals surface area contributed by atoms with E-state index in [1.807, 2.05) is 29.3 Å². The van der Waals surface area contributed by atoms with E-state index < -0.39 is 0 Å². The number of unbranched alkanes of at least 4 members (excludes halogenated alkanes) is 1. The van der Waals surface area contributed by atoms with Crippen molar-refractivity contribution >= 4 is 16.9 Å². The fourth-order valence-electron chi connectivity index (χ4n) is 5.82. The van der Waals surface area contributed by atoms with Gasteiger partial charge in [-0.2, -0.15) is 0 Å². The molecule has 2 aliphatic rings. The minimum Gasteiger partial charge on any atom is -0.508 e. The van der Waals surface area contributed by atoms with Gasteiger partial charge in [0.1, 0.15) is 11.4 Å². The lowest BCUT2D eigenvalue weighted by molar-refractivity contribution is 0.410. The topological polar surface area (TPSA) is 35.9 Å². The van der Waals surface area contributed by atoms with Crippen molar-refractivity contribution in [2.24, 2.45) is 5.92 Å². The van der Waals surface area contributed by atoms with Gasteiger partial charge in [-0.3, -0.25) is 0 Å². The predicted octanol–water partition coefficient (Wildman–Crippen LogP) is 8.51. The summed E-state index contributed by atoms with van der Waals surface area (Å²) in [6, 6.07) is 20.2. The van der Waals surface area contributed by atoms with Gasteiger partial charge in [-0.15, -0.1) is 0 Å². The number of ether oxygens (including phenoxy) is 1. The first kappa shape index (κ1) is 26.6. The zero-order valence-electron chi connectivity index (χ0n) is 22.9. The van der Waals surface area contributed by atoms with Crippen LogP contribution in [0.2, 0.25) is 0 Å². The van der Waals surface area contributed by atoms with Crippen LogP contribution in [-0.2, 0) is 6.54 Å². The zero-order chi connectivity index (χ0) is 27.5. The monoisotopic (exact) mass is 524 g/mol. The van der Waals surface area contributed by atoms with Gasteiger partial charge >= 0.3 is 0 Å². The first-order valence-electron chi connectivity index (χ1n) is 13.8. The normalized spacial score (nSPS) is 16.7. The van der Waals surface area contributed by atoms with Crippen LogP contribution >= 0.6 is 0 Å². The highest BCUT2D eigenvalue weighted by Crippen LogP contribution is 2.50. The van der Waals surface area contributed by atoms with E-state index in [1.54, 1.807) is 7.11 Å². The molecule has 0 bridgehead atoms. The number of anilines is 2. The number of hydrogen-bond donors (Lipinski definition) is 1. The highest BCUT2D eigenvalue weighted by Gasteiger charge is 2.34. The molecule has 202 valence electrons. The molecule has 1 saturated heterocycles. The number of methoxy groups -OCH3 is 1. The largest absolute Gasteiger partial charge is 0.508 e. The van der Waals surface area contributed by atoms with Gasteiger partial charge in [-0.05, 0) is 47.1 Å². The van der Waals surface area contributed by atoms with Crippen LogP contribution in [0.25, 0.3) is 16.7 Å². The van der Waals surface area contributed by atoms with Gasteiger partial charge in [0.05, 0.1) is 12.8 Å². The van der Waals surface area contributed by atoms with Crippen LogP contribution in [0.3, 0.4) is 0 Å². The molecule has 1 atom stereocenters. The summed E-state index contributed by atoms with van der Waals surface area (Å²) in [5.41, 5.74) is 6.25. The maximum absolute atomic E-state index is 15.8. The number of aliphatic hydroxyl groups excluding tert-OH is 1. The lowest BCUT2D eigenvalue weighted by Crippen LogP contribution is -2.26. The van der Waals surface area contributed by atoms with Gasteiger partial charge in [0.15, 0.2) is 11.6 Å². The van der Waals surface area contributed by atoms with Gasteiger partial charge in [0.2, 0.25) is 0 Å². The Morgan fingerprint density at radius 3 is 2.46 bits per heavy atom. The number of allylic oxidation sites excluding steroid dienone is 1. The quantitative estimate of drug-likeness (QED) is 0.285. The molecule has 1 fully saturated rings. The van der Waals surface area contributed by atoms with E-state index in [-0.39, 0.29) is 11.6 Å². The number of halogens is 1. The lowest BCUT2D eigenvalue weighted by atomic mass is 9.91. The molecule has 1 N–H and O–H groups in total. The van der Waals surface area contributed by atoms with Crippen LogP contribution < -0.4 is 14.5 Å². The second kappa shape index (κ2) is 11.4. The van der Waals surface area contributed by atoms with Crippen LogP contribution in [0.5, 0.6) is 5.75 Å². The molecule has 39 heavy (non-hydrogen) atoms.